The number of carbonyl (C=O) groups is 1. The molecule has 0 spiro atoms. The minimum atomic E-state index is -3.91. The van der Waals surface area contributed by atoms with Crippen LogP contribution in [0, 0.1) is 11.3 Å². The number of aromatic amines is 1. The first kappa shape index (κ1) is 15.1. The largest absolute Gasteiger partial charge is 0.468 e. The Labute approximate surface area is 110 Å². The summed E-state index contributed by atoms with van der Waals surface area (Å²) >= 11 is 0. The molecule has 2 N–H and O–H groups in total. The number of rotatable bonds is 6. The normalized spacial score (nSPS) is 14.4. The Morgan fingerprint density at radius 2 is 2.37 bits per heavy atom. The number of methoxy groups -OCH3 is 1. The van der Waals surface area contributed by atoms with Gasteiger partial charge in [0.25, 0.3) is 0 Å². The van der Waals surface area contributed by atoms with Gasteiger partial charge in [0.05, 0.1) is 19.5 Å². The Balaban J connectivity index is 2.88. The molecule has 1 heterocycles. The molecule has 0 bridgehead atoms. The Kier molecular flexibility index (Phi) is 5.02. The molecule has 0 aliphatic heterocycles. The van der Waals surface area contributed by atoms with E-state index in [2.05, 4.69) is 19.4 Å². The smallest absolute Gasteiger partial charge is 0.324 e. The van der Waals surface area contributed by atoms with E-state index in [1.807, 2.05) is 0 Å². The second-order valence-corrected chi connectivity index (χ2v) is 5.82. The van der Waals surface area contributed by atoms with Crippen molar-refractivity contribution in [3.8, 4) is 6.07 Å². The van der Waals surface area contributed by atoms with E-state index in [4.69, 9.17) is 5.26 Å². The highest BCUT2D eigenvalue weighted by atomic mass is 32.2. The third kappa shape index (κ3) is 4.04. The van der Waals surface area contributed by atoms with Gasteiger partial charge in [-0.15, -0.1) is 0 Å². The molecule has 8 nitrogen and oxygen atoms in total. The zero-order chi connectivity index (χ0) is 14.5. The maximum absolute atomic E-state index is 11.8. The highest BCUT2D eigenvalue weighted by Crippen LogP contribution is 2.05. The van der Waals surface area contributed by atoms with Crippen molar-refractivity contribution in [2.24, 2.45) is 0 Å². The van der Waals surface area contributed by atoms with Crippen LogP contribution >= 0.6 is 0 Å². The average Bonchev–Trinajstić information content (AvgIpc) is 2.88. The SMILES string of the molecule is COC(=O)[C@H](Cc1cnc[nH]1)NS(=O)(=O)C(C)C#N. The molecule has 19 heavy (non-hydrogen) atoms. The van der Waals surface area contributed by atoms with E-state index in [9.17, 15) is 13.2 Å². The molecule has 9 heteroatoms. The lowest BCUT2D eigenvalue weighted by molar-refractivity contribution is -0.142. The quantitative estimate of drug-likeness (QED) is 0.668. The summed E-state index contributed by atoms with van der Waals surface area (Å²) in [6.45, 7) is 1.23. The van der Waals surface area contributed by atoms with Crippen molar-refractivity contribution >= 4 is 16.0 Å². The Morgan fingerprint density at radius 1 is 1.68 bits per heavy atom. The molecule has 1 aromatic rings. The molecule has 0 aromatic carbocycles. The van der Waals surface area contributed by atoms with E-state index < -0.39 is 27.3 Å². The van der Waals surface area contributed by atoms with Gasteiger partial charge in [-0.05, 0) is 6.92 Å². The minimum Gasteiger partial charge on any atom is -0.468 e. The van der Waals surface area contributed by atoms with Gasteiger partial charge < -0.3 is 9.72 Å². The van der Waals surface area contributed by atoms with Gasteiger partial charge in [-0.3, -0.25) is 4.79 Å². The molecule has 0 aliphatic carbocycles. The van der Waals surface area contributed by atoms with Crippen LogP contribution in [0.1, 0.15) is 12.6 Å². The van der Waals surface area contributed by atoms with Gasteiger partial charge in [0.1, 0.15) is 6.04 Å². The summed E-state index contributed by atoms with van der Waals surface area (Å²) in [4.78, 5) is 18.1. The third-order valence-corrected chi connectivity index (χ3v) is 4.07. The molecule has 1 unspecified atom stereocenters. The third-order valence-electron chi connectivity index (χ3n) is 2.42. The maximum Gasteiger partial charge on any atom is 0.324 e. The summed E-state index contributed by atoms with van der Waals surface area (Å²) in [6.07, 6.45) is 2.94. The number of nitrogens with one attached hydrogen (secondary N) is 2. The van der Waals surface area contributed by atoms with Gasteiger partial charge in [-0.2, -0.15) is 9.98 Å². The number of esters is 1. The number of imidazole rings is 1. The van der Waals surface area contributed by atoms with Gasteiger partial charge in [0.15, 0.2) is 5.25 Å². The van der Waals surface area contributed by atoms with Crippen molar-refractivity contribution in [2.45, 2.75) is 24.6 Å². The summed E-state index contributed by atoms with van der Waals surface area (Å²) in [5.41, 5.74) is 0.572. The first-order valence-electron chi connectivity index (χ1n) is 5.36. The summed E-state index contributed by atoms with van der Waals surface area (Å²) in [5, 5.41) is 7.37. The van der Waals surface area contributed by atoms with Crippen LogP contribution in [0.2, 0.25) is 0 Å². The van der Waals surface area contributed by atoms with E-state index in [0.29, 0.717) is 5.69 Å². The number of hydrogen-bond donors (Lipinski definition) is 2. The average molecular weight is 286 g/mol. The lowest BCUT2D eigenvalue weighted by Gasteiger charge is -2.16. The highest BCUT2D eigenvalue weighted by molar-refractivity contribution is 7.90. The zero-order valence-electron chi connectivity index (χ0n) is 10.5. The van der Waals surface area contributed by atoms with Gasteiger partial charge in [-0.1, -0.05) is 0 Å². The zero-order valence-corrected chi connectivity index (χ0v) is 11.3. The van der Waals surface area contributed by atoms with Gasteiger partial charge in [-0.25, -0.2) is 13.4 Å². The van der Waals surface area contributed by atoms with E-state index >= 15 is 0 Å². The lowest BCUT2D eigenvalue weighted by Crippen LogP contribution is -2.45. The highest BCUT2D eigenvalue weighted by Gasteiger charge is 2.29. The number of H-pyrrole nitrogens is 1. The van der Waals surface area contributed by atoms with Crippen LogP contribution in [0.4, 0.5) is 0 Å². The van der Waals surface area contributed by atoms with Crippen molar-refractivity contribution in [1.29, 1.82) is 5.26 Å². The number of nitrogens with zero attached hydrogens (tertiary/aromatic N) is 2. The van der Waals surface area contributed by atoms with Gasteiger partial charge in [0, 0.05) is 18.3 Å². The summed E-state index contributed by atoms with van der Waals surface area (Å²) in [6, 6.07) is 0.498. The van der Waals surface area contributed by atoms with E-state index in [1.54, 1.807) is 6.07 Å². The standard InChI is InChI=1S/C10H14N4O4S/c1-7(4-11)19(16,17)14-9(10(15)18-2)3-8-5-12-6-13-8/h5-7,9,14H,3H2,1-2H3,(H,12,13)/t7?,9-/m0/s1. The molecule has 0 saturated heterocycles. The van der Waals surface area contributed by atoms with E-state index in [1.165, 1.54) is 19.4 Å². The summed E-state index contributed by atoms with van der Waals surface area (Å²) in [7, 11) is -2.76. The molecular formula is C10H14N4O4S. The maximum atomic E-state index is 11.8. The predicted octanol–water partition coefficient (Wildman–Crippen LogP) is -0.675. The van der Waals surface area contributed by atoms with Crippen LogP contribution < -0.4 is 4.72 Å². The molecule has 0 fully saturated rings. The fourth-order valence-electron chi connectivity index (χ4n) is 1.30. The van der Waals surface area contributed by atoms with Crippen molar-refractivity contribution in [3.63, 3.8) is 0 Å². The van der Waals surface area contributed by atoms with Crippen LogP contribution in [0.25, 0.3) is 0 Å². The van der Waals surface area contributed by atoms with E-state index in [-0.39, 0.29) is 6.42 Å². The van der Waals surface area contributed by atoms with Gasteiger partial charge >= 0.3 is 5.97 Å². The summed E-state index contributed by atoms with van der Waals surface area (Å²) in [5.74, 6) is -0.733. The molecule has 2 atom stereocenters. The van der Waals surface area contributed by atoms with Crippen LogP contribution in [0.5, 0.6) is 0 Å². The predicted molar refractivity (Wildman–Crippen MR) is 65.2 cm³/mol. The number of ether oxygens (including phenoxy) is 1. The number of sulfonamides is 1. The number of carbonyl (C=O) groups excluding carboxylic acids is 1. The fraction of sp³-hybridized carbons (Fsp3) is 0.500. The molecule has 0 radical (unpaired) electrons. The van der Waals surface area contributed by atoms with Crippen LogP contribution in [0.15, 0.2) is 12.5 Å². The lowest BCUT2D eigenvalue weighted by atomic mass is 10.2. The first-order chi connectivity index (χ1) is 8.90. The second-order valence-electron chi connectivity index (χ2n) is 3.79. The van der Waals surface area contributed by atoms with E-state index in [0.717, 1.165) is 7.11 Å². The minimum absolute atomic E-state index is 0.0596. The molecule has 0 saturated carbocycles. The van der Waals surface area contributed by atoms with Crippen LogP contribution in [-0.4, -0.2) is 42.8 Å². The van der Waals surface area contributed by atoms with Crippen molar-refractivity contribution in [2.75, 3.05) is 7.11 Å². The molecule has 0 aliphatic rings. The fourth-order valence-corrected chi connectivity index (χ4v) is 2.22. The number of aromatic nitrogens is 2. The summed E-state index contributed by atoms with van der Waals surface area (Å²) < 4.78 is 30.2. The van der Waals surface area contributed by atoms with Gasteiger partial charge in [0.2, 0.25) is 10.0 Å². The number of hydrogen-bond acceptors (Lipinski definition) is 6. The van der Waals surface area contributed by atoms with Crippen LogP contribution in [0.3, 0.4) is 0 Å². The Bertz CT molecular complexity index is 561. The number of nitriles is 1. The van der Waals surface area contributed by atoms with Crippen LogP contribution in [-0.2, 0) is 26.0 Å². The van der Waals surface area contributed by atoms with Crippen molar-refractivity contribution < 1.29 is 17.9 Å². The molecular weight excluding hydrogens is 272 g/mol. The topological polar surface area (TPSA) is 125 Å². The van der Waals surface area contributed by atoms with Crippen molar-refractivity contribution in [3.05, 3.63) is 18.2 Å². The van der Waals surface area contributed by atoms with Crippen molar-refractivity contribution in [1.82, 2.24) is 14.7 Å². The molecule has 104 valence electrons. The molecule has 1 aromatic heterocycles. The Hall–Kier alpha value is -1.92. The monoisotopic (exact) mass is 286 g/mol. The Morgan fingerprint density at radius 3 is 2.84 bits per heavy atom. The first-order valence-corrected chi connectivity index (χ1v) is 6.91. The second kappa shape index (κ2) is 6.31. The molecule has 0 amide bonds. The molecule has 1 rings (SSSR count).